The standard InChI is InChI=1S/C30H42N4O.3ClH/c35-30(31-15-7-16-33-17-14-26-10-4-5-11-27(26)22-33)13-6-12-29-28-18-25(19-32-29)21-34(23-28)20-24-8-2-1-3-9-24;;;/h1-5,8-11,25,28-29,32H,6-7,12-23H2,(H,31,35);3*1H/t25?,28?,29-;;;/m1.../s1. The lowest BCUT2D eigenvalue weighted by molar-refractivity contribution is -0.121. The summed E-state index contributed by atoms with van der Waals surface area (Å²) in [6.07, 6.45) is 6.25. The molecule has 38 heavy (non-hydrogen) atoms. The van der Waals surface area contributed by atoms with Gasteiger partial charge in [0, 0.05) is 58.3 Å². The van der Waals surface area contributed by atoms with Gasteiger partial charge in [0.2, 0.25) is 5.91 Å². The van der Waals surface area contributed by atoms with Gasteiger partial charge in [-0.1, -0.05) is 54.6 Å². The Morgan fingerprint density at radius 1 is 0.921 bits per heavy atom. The molecule has 2 N–H and O–H groups in total. The van der Waals surface area contributed by atoms with Crippen LogP contribution in [0.4, 0.5) is 0 Å². The van der Waals surface area contributed by atoms with Crippen LogP contribution in [0.15, 0.2) is 54.6 Å². The Kier molecular flexibility index (Phi) is 14.4. The van der Waals surface area contributed by atoms with Crippen LogP contribution in [0.1, 0.15) is 48.8 Å². The molecule has 2 aromatic rings. The summed E-state index contributed by atoms with van der Waals surface area (Å²) in [5.74, 6) is 1.70. The fraction of sp³-hybridized carbons (Fsp3) is 0.567. The van der Waals surface area contributed by atoms with E-state index < -0.39 is 0 Å². The van der Waals surface area contributed by atoms with Crippen molar-refractivity contribution in [1.82, 2.24) is 20.4 Å². The van der Waals surface area contributed by atoms with E-state index in [4.69, 9.17) is 0 Å². The maximum absolute atomic E-state index is 12.4. The fourth-order valence-corrected chi connectivity index (χ4v) is 6.43. The second-order valence-corrected chi connectivity index (χ2v) is 10.9. The largest absolute Gasteiger partial charge is 0.356 e. The third kappa shape index (κ3) is 9.39. The number of likely N-dealkylation sites (tertiary alicyclic amines) is 1. The van der Waals surface area contributed by atoms with E-state index in [-0.39, 0.29) is 43.1 Å². The smallest absolute Gasteiger partial charge is 0.219 e. The summed E-state index contributed by atoms with van der Waals surface area (Å²) >= 11 is 0. The molecule has 0 radical (unpaired) electrons. The van der Waals surface area contributed by atoms with Gasteiger partial charge in [-0.2, -0.15) is 0 Å². The Hall–Kier alpha value is -1.34. The highest BCUT2D eigenvalue weighted by atomic mass is 35.5. The predicted molar refractivity (Wildman–Crippen MR) is 164 cm³/mol. The predicted octanol–water partition coefficient (Wildman–Crippen LogP) is 5.10. The van der Waals surface area contributed by atoms with E-state index >= 15 is 0 Å². The molecule has 3 aliphatic rings. The second-order valence-electron chi connectivity index (χ2n) is 10.9. The maximum atomic E-state index is 12.4. The van der Waals surface area contributed by atoms with Crippen molar-refractivity contribution in [3.05, 3.63) is 71.3 Å². The van der Waals surface area contributed by atoms with Crippen molar-refractivity contribution in [1.29, 1.82) is 0 Å². The van der Waals surface area contributed by atoms with Gasteiger partial charge >= 0.3 is 0 Å². The van der Waals surface area contributed by atoms with Crippen molar-refractivity contribution in [2.24, 2.45) is 11.8 Å². The van der Waals surface area contributed by atoms with Crippen molar-refractivity contribution in [2.75, 3.05) is 39.3 Å². The highest BCUT2D eigenvalue weighted by Crippen LogP contribution is 2.31. The van der Waals surface area contributed by atoms with Crippen molar-refractivity contribution in [3.63, 3.8) is 0 Å². The van der Waals surface area contributed by atoms with Crippen molar-refractivity contribution < 1.29 is 4.79 Å². The first kappa shape index (κ1) is 32.9. The molecule has 8 heteroatoms. The van der Waals surface area contributed by atoms with Crippen LogP contribution in [0.25, 0.3) is 0 Å². The Balaban J connectivity index is 0.00000169. The number of hydrogen-bond acceptors (Lipinski definition) is 4. The molecular formula is C30H45Cl3N4O. The van der Waals surface area contributed by atoms with Gasteiger partial charge in [-0.15, -0.1) is 37.2 Å². The Morgan fingerprint density at radius 3 is 2.50 bits per heavy atom. The van der Waals surface area contributed by atoms with Gasteiger partial charge in [0.05, 0.1) is 0 Å². The Labute approximate surface area is 247 Å². The maximum Gasteiger partial charge on any atom is 0.219 e. The van der Waals surface area contributed by atoms with Crippen LogP contribution in [-0.2, 0) is 24.3 Å². The average molecular weight is 584 g/mol. The second kappa shape index (κ2) is 16.7. The molecule has 0 aliphatic carbocycles. The number of nitrogens with zero attached hydrogens (tertiary/aromatic N) is 2. The monoisotopic (exact) mass is 582 g/mol. The molecule has 2 aromatic carbocycles. The van der Waals surface area contributed by atoms with E-state index in [0.717, 1.165) is 70.9 Å². The van der Waals surface area contributed by atoms with Gasteiger partial charge in [-0.25, -0.2) is 0 Å². The summed E-state index contributed by atoms with van der Waals surface area (Å²) in [5.41, 5.74) is 4.38. The number of carbonyl (C=O) groups excluding carboxylic acids is 1. The minimum Gasteiger partial charge on any atom is -0.356 e. The van der Waals surface area contributed by atoms with Gasteiger partial charge in [0.1, 0.15) is 0 Å². The summed E-state index contributed by atoms with van der Waals surface area (Å²) in [6.45, 7) is 8.59. The molecule has 2 bridgehead atoms. The zero-order valence-corrected chi connectivity index (χ0v) is 24.8. The van der Waals surface area contributed by atoms with E-state index in [9.17, 15) is 4.79 Å². The topological polar surface area (TPSA) is 47.6 Å². The van der Waals surface area contributed by atoms with Gasteiger partial charge in [0.15, 0.2) is 0 Å². The molecule has 5 nitrogen and oxygen atoms in total. The molecule has 3 atom stereocenters. The number of piperidine rings is 2. The van der Waals surface area contributed by atoms with Crippen LogP contribution in [0.3, 0.4) is 0 Å². The minimum atomic E-state index is 0. The molecule has 2 saturated heterocycles. The van der Waals surface area contributed by atoms with Crippen molar-refractivity contribution in [2.45, 2.75) is 57.7 Å². The van der Waals surface area contributed by atoms with E-state index in [1.165, 1.54) is 36.2 Å². The van der Waals surface area contributed by atoms with Crippen molar-refractivity contribution in [3.8, 4) is 0 Å². The molecule has 2 unspecified atom stereocenters. The summed E-state index contributed by atoms with van der Waals surface area (Å²) in [4.78, 5) is 17.6. The van der Waals surface area contributed by atoms with Crippen LogP contribution in [0.2, 0.25) is 0 Å². The summed E-state index contributed by atoms with van der Waals surface area (Å²) in [7, 11) is 0. The number of benzene rings is 2. The lowest BCUT2D eigenvalue weighted by Gasteiger charge is -2.46. The fourth-order valence-electron chi connectivity index (χ4n) is 6.43. The van der Waals surface area contributed by atoms with Crippen LogP contribution in [-0.4, -0.2) is 61.0 Å². The van der Waals surface area contributed by atoms with Gasteiger partial charge in [0.25, 0.3) is 0 Å². The number of nitrogens with one attached hydrogen (secondary N) is 2. The molecule has 3 aliphatic heterocycles. The SMILES string of the molecule is Cl.Cl.Cl.O=C(CCC[C@H]1NCC2CC1CN(Cc1ccccc1)C2)NCCCN1CCc2ccccc2C1. The quantitative estimate of drug-likeness (QED) is 0.382. The normalized spacial score (nSPS) is 22.7. The van der Waals surface area contributed by atoms with E-state index in [0.29, 0.717) is 18.4 Å². The number of hydrogen-bond donors (Lipinski definition) is 2. The van der Waals surface area contributed by atoms with Gasteiger partial charge < -0.3 is 10.6 Å². The van der Waals surface area contributed by atoms with E-state index in [1.54, 1.807) is 0 Å². The van der Waals surface area contributed by atoms with E-state index in [2.05, 4.69) is 75.0 Å². The third-order valence-electron chi connectivity index (χ3n) is 8.23. The molecule has 0 spiro atoms. The van der Waals surface area contributed by atoms with Crippen LogP contribution in [0.5, 0.6) is 0 Å². The zero-order valence-electron chi connectivity index (χ0n) is 22.4. The number of rotatable bonds is 10. The average Bonchev–Trinajstić information content (AvgIpc) is 2.88. The molecule has 5 rings (SSSR count). The molecule has 0 saturated carbocycles. The number of carbonyl (C=O) groups is 1. The summed E-state index contributed by atoms with van der Waals surface area (Å²) in [5, 5.41) is 6.97. The molecule has 2 fully saturated rings. The first-order valence-corrected chi connectivity index (χ1v) is 13.8. The molecule has 1 amide bonds. The Bertz CT molecular complexity index is 964. The van der Waals surface area contributed by atoms with Crippen molar-refractivity contribution >= 4 is 43.1 Å². The van der Waals surface area contributed by atoms with Crippen LogP contribution >= 0.6 is 37.2 Å². The highest BCUT2D eigenvalue weighted by molar-refractivity contribution is 5.86. The number of amides is 1. The molecule has 3 heterocycles. The first-order valence-electron chi connectivity index (χ1n) is 13.8. The lowest BCUT2D eigenvalue weighted by atomic mass is 9.79. The van der Waals surface area contributed by atoms with Gasteiger partial charge in [-0.3, -0.25) is 14.6 Å². The van der Waals surface area contributed by atoms with Gasteiger partial charge in [-0.05, 0) is 67.2 Å². The summed E-state index contributed by atoms with van der Waals surface area (Å²) in [6, 6.07) is 20.2. The molecule has 0 aromatic heterocycles. The number of fused-ring (bicyclic) bond motifs is 3. The third-order valence-corrected chi connectivity index (χ3v) is 8.23. The molecule has 212 valence electrons. The zero-order chi connectivity index (χ0) is 23.9. The summed E-state index contributed by atoms with van der Waals surface area (Å²) < 4.78 is 0. The molecular weight excluding hydrogens is 539 g/mol. The highest BCUT2D eigenvalue weighted by Gasteiger charge is 2.36. The van der Waals surface area contributed by atoms with Crippen LogP contribution in [0, 0.1) is 11.8 Å². The van der Waals surface area contributed by atoms with Crippen LogP contribution < -0.4 is 10.6 Å². The lowest BCUT2D eigenvalue weighted by Crippen LogP contribution is -2.55. The minimum absolute atomic E-state index is 0. The van der Waals surface area contributed by atoms with E-state index in [1.807, 2.05) is 0 Å². The Morgan fingerprint density at radius 2 is 1.68 bits per heavy atom. The number of halogens is 3. The first-order chi connectivity index (χ1) is 17.2.